The van der Waals surface area contributed by atoms with Crippen molar-refractivity contribution in [3.05, 3.63) is 35.2 Å². The van der Waals surface area contributed by atoms with Crippen molar-refractivity contribution in [2.45, 2.75) is 19.9 Å². The minimum Gasteiger partial charge on any atom is -0.308 e. The third-order valence-corrected chi connectivity index (χ3v) is 3.31. The fraction of sp³-hybridized carbons (Fsp3) is 0.250. The molecule has 0 aliphatic carbocycles. The van der Waals surface area contributed by atoms with Crippen LogP contribution in [0.1, 0.15) is 18.7 Å². The lowest BCUT2D eigenvalue weighted by molar-refractivity contribution is 0.821. The molecular formula is C12H15N3S. The van der Waals surface area contributed by atoms with Crippen molar-refractivity contribution in [3.8, 4) is 0 Å². The van der Waals surface area contributed by atoms with Gasteiger partial charge >= 0.3 is 0 Å². The van der Waals surface area contributed by atoms with Gasteiger partial charge in [0.25, 0.3) is 0 Å². The number of hydrogen-bond acceptors (Lipinski definition) is 3. The van der Waals surface area contributed by atoms with Crippen LogP contribution in [0.4, 0.5) is 0 Å². The van der Waals surface area contributed by atoms with Crippen molar-refractivity contribution in [2.24, 2.45) is 10.8 Å². The van der Waals surface area contributed by atoms with Gasteiger partial charge < -0.3 is 5.43 Å². The summed E-state index contributed by atoms with van der Waals surface area (Å²) in [6, 6.07) is 10.6. The summed E-state index contributed by atoms with van der Waals surface area (Å²) in [4.78, 5) is 5.53. The van der Waals surface area contributed by atoms with E-state index in [0.29, 0.717) is 0 Å². The fourth-order valence-corrected chi connectivity index (χ4v) is 2.55. The zero-order chi connectivity index (χ0) is 11.5. The van der Waals surface area contributed by atoms with Gasteiger partial charge in [-0.3, -0.25) is 4.99 Å². The molecule has 0 spiro atoms. The molecule has 3 nitrogen and oxygen atoms in total. The molecule has 0 saturated heterocycles. The van der Waals surface area contributed by atoms with Crippen LogP contribution >= 0.6 is 11.3 Å². The van der Waals surface area contributed by atoms with Crippen LogP contribution in [0, 0.1) is 0 Å². The fourth-order valence-electron chi connectivity index (χ4n) is 1.53. The Labute approximate surface area is 99.0 Å². The van der Waals surface area contributed by atoms with Crippen molar-refractivity contribution in [2.75, 3.05) is 0 Å². The molecule has 0 radical (unpaired) electrons. The van der Waals surface area contributed by atoms with Gasteiger partial charge in [-0.15, -0.1) is 11.3 Å². The molecule has 16 heavy (non-hydrogen) atoms. The number of fused-ring (bicyclic) bond motifs is 1. The van der Waals surface area contributed by atoms with Crippen molar-refractivity contribution < 1.29 is 0 Å². The molecule has 0 bridgehead atoms. The normalized spacial score (nSPS) is 12.4. The lowest BCUT2D eigenvalue weighted by Gasteiger charge is -2.04. The molecule has 2 aromatic rings. The second-order valence-corrected chi connectivity index (χ2v) is 4.95. The Morgan fingerprint density at radius 1 is 1.38 bits per heavy atom. The number of hydrazine groups is 1. The molecule has 1 aromatic heterocycles. The van der Waals surface area contributed by atoms with E-state index in [9.17, 15) is 0 Å². The molecule has 4 heteroatoms. The maximum Gasteiger partial charge on any atom is 0.153 e. The Hall–Kier alpha value is -1.39. The molecule has 1 heterocycles. The first-order valence-corrected chi connectivity index (χ1v) is 6.05. The van der Waals surface area contributed by atoms with E-state index in [2.05, 4.69) is 28.6 Å². The SMILES string of the molecule is CC(C)N=C(NN)c1cc2ccccc2s1. The van der Waals surface area contributed by atoms with E-state index in [4.69, 9.17) is 5.84 Å². The standard InChI is InChI=1S/C12H15N3S/c1-8(2)14-12(15-13)11-7-9-5-3-4-6-10(9)16-11/h3-8H,13H2,1-2H3,(H,14,15). The van der Waals surface area contributed by atoms with Gasteiger partial charge in [0.2, 0.25) is 0 Å². The van der Waals surface area contributed by atoms with Crippen LogP contribution in [-0.2, 0) is 0 Å². The number of thiophene rings is 1. The number of hydrogen-bond donors (Lipinski definition) is 2. The van der Waals surface area contributed by atoms with E-state index in [-0.39, 0.29) is 6.04 Å². The van der Waals surface area contributed by atoms with E-state index >= 15 is 0 Å². The summed E-state index contributed by atoms with van der Waals surface area (Å²) in [5.74, 6) is 6.26. The van der Waals surface area contributed by atoms with E-state index < -0.39 is 0 Å². The zero-order valence-corrected chi connectivity index (χ0v) is 10.2. The first-order valence-electron chi connectivity index (χ1n) is 5.24. The summed E-state index contributed by atoms with van der Waals surface area (Å²) in [6.07, 6.45) is 0. The van der Waals surface area contributed by atoms with Crippen LogP contribution in [0.5, 0.6) is 0 Å². The largest absolute Gasteiger partial charge is 0.308 e. The molecule has 0 atom stereocenters. The van der Waals surface area contributed by atoms with E-state index in [1.165, 1.54) is 10.1 Å². The Morgan fingerprint density at radius 2 is 2.12 bits per heavy atom. The Bertz CT molecular complexity index is 481. The van der Waals surface area contributed by atoms with Gasteiger partial charge in [-0.05, 0) is 31.4 Å². The molecule has 0 aliphatic rings. The van der Waals surface area contributed by atoms with E-state index in [1.807, 2.05) is 26.0 Å². The van der Waals surface area contributed by atoms with Crippen LogP contribution < -0.4 is 11.3 Å². The number of rotatable bonds is 2. The molecule has 84 valence electrons. The first-order chi connectivity index (χ1) is 7.70. The molecular weight excluding hydrogens is 218 g/mol. The summed E-state index contributed by atoms with van der Waals surface area (Å²) in [6.45, 7) is 4.06. The molecule has 2 rings (SSSR count). The van der Waals surface area contributed by atoms with Gasteiger partial charge in [0, 0.05) is 10.7 Å². The third kappa shape index (κ3) is 2.23. The lowest BCUT2D eigenvalue weighted by atomic mass is 10.2. The number of nitrogens with two attached hydrogens (primary N) is 1. The average molecular weight is 233 g/mol. The van der Waals surface area contributed by atoms with Crippen molar-refractivity contribution >= 4 is 27.3 Å². The molecule has 0 fully saturated rings. The summed E-state index contributed by atoms with van der Waals surface area (Å²) in [7, 11) is 0. The molecule has 0 saturated carbocycles. The van der Waals surface area contributed by atoms with Crippen LogP contribution in [0.25, 0.3) is 10.1 Å². The van der Waals surface area contributed by atoms with E-state index in [1.54, 1.807) is 11.3 Å². The zero-order valence-electron chi connectivity index (χ0n) is 9.40. The topological polar surface area (TPSA) is 50.4 Å². The van der Waals surface area contributed by atoms with Crippen molar-refractivity contribution in [1.29, 1.82) is 0 Å². The third-order valence-electron chi connectivity index (χ3n) is 2.18. The van der Waals surface area contributed by atoms with Gasteiger partial charge in [-0.25, -0.2) is 5.84 Å². The van der Waals surface area contributed by atoms with E-state index in [0.717, 1.165) is 10.7 Å². The maximum atomic E-state index is 5.50. The maximum absolute atomic E-state index is 5.50. The average Bonchev–Trinajstić information content (AvgIpc) is 2.68. The monoisotopic (exact) mass is 233 g/mol. The van der Waals surface area contributed by atoms with Crippen molar-refractivity contribution in [3.63, 3.8) is 0 Å². The van der Waals surface area contributed by atoms with Gasteiger partial charge in [0.05, 0.1) is 4.88 Å². The number of nitrogens with zero attached hydrogens (tertiary/aromatic N) is 1. The number of amidine groups is 1. The van der Waals surface area contributed by atoms with Gasteiger partial charge in [0.1, 0.15) is 0 Å². The smallest absolute Gasteiger partial charge is 0.153 e. The predicted octanol–water partition coefficient (Wildman–Crippen LogP) is 2.52. The van der Waals surface area contributed by atoms with Gasteiger partial charge in [-0.1, -0.05) is 18.2 Å². The molecule has 1 aromatic carbocycles. The Morgan fingerprint density at radius 3 is 2.75 bits per heavy atom. The highest BCUT2D eigenvalue weighted by Gasteiger charge is 2.07. The second kappa shape index (κ2) is 4.63. The highest BCUT2D eigenvalue weighted by molar-refractivity contribution is 7.20. The Balaban J connectivity index is 2.46. The first kappa shape index (κ1) is 11.1. The number of benzene rings is 1. The van der Waals surface area contributed by atoms with Crippen molar-refractivity contribution in [1.82, 2.24) is 5.43 Å². The number of nitrogens with one attached hydrogen (secondary N) is 1. The highest BCUT2D eigenvalue weighted by atomic mass is 32.1. The Kier molecular flexibility index (Phi) is 3.22. The summed E-state index contributed by atoms with van der Waals surface area (Å²) >= 11 is 1.70. The molecule has 0 unspecified atom stereocenters. The van der Waals surface area contributed by atoms with Crippen LogP contribution in [-0.4, -0.2) is 11.9 Å². The van der Waals surface area contributed by atoms with Crippen LogP contribution in [0.3, 0.4) is 0 Å². The van der Waals surface area contributed by atoms with Gasteiger partial charge in [0.15, 0.2) is 5.84 Å². The highest BCUT2D eigenvalue weighted by Crippen LogP contribution is 2.25. The lowest BCUT2D eigenvalue weighted by Crippen LogP contribution is -2.31. The number of aliphatic imine (C=N–C) groups is 1. The van der Waals surface area contributed by atoms with Crippen LogP contribution in [0.15, 0.2) is 35.3 Å². The minimum atomic E-state index is 0.233. The summed E-state index contributed by atoms with van der Waals surface area (Å²) in [5, 5.41) is 1.23. The summed E-state index contributed by atoms with van der Waals surface area (Å²) in [5.41, 5.74) is 2.67. The quantitative estimate of drug-likeness (QED) is 0.362. The second-order valence-electron chi connectivity index (χ2n) is 3.86. The molecule has 0 aliphatic heterocycles. The molecule has 0 amide bonds. The van der Waals surface area contributed by atoms with Gasteiger partial charge in [-0.2, -0.15) is 0 Å². The summed E-state index contributed by atoms with van der Waals surface area (Å²) < 4.78 is 1.25. The van der Waals surface area contributed by atoms with Crippen LogP contribution in [0.2, 0.25) is 0 Å². The predicted molar refractivity (Wildman–Crippen MR) is 70.8 cm³/mol. The molecule has 3 N–H and O–H groups in total. The minimum absolute atomic E-state index is 0.233.